The summed E-state index contributed by atoms with van der Waals surface area (Å²) in [5.41, 5.74) is 2.40. The maximum atomic E-state index is 12.9. The molecule has 3 rings (SSSR count). The average molecular weight is 348 g/mol. The lowest BCUT2D eigenvalue weighted by Gasteiger charge is -2.07. The minimum absolute atomic E-state index is 0.301. The molecular weight excluding hydrogens is 331 g/mol. The molecule has 3 aromatic carbocycles. The second kappa shape index (κ2) is 8.12. The summed E-state index contributed by atoms with van der Waals surface area (Å²) in [4.78, 5) is 12.2. The van der Waals surface area contributed by atoms with Gasteiger partial charge in [-0.2, -0.15) is 0 Å². The Morgan fingerprint density at radius 1 is 0.846 bits per heavy atom. The summed E-state index contributed by atoms with van der Waals surface area (Å²) in [6.45, 7) is 4.08. The van der Waals surface area contributed by atoms with Gasteiger partial charge in [0, 0.05) is 0 Å². The fraction of sp³-hybridized carbons (Fsp3) is 0.0455. The van der Waals surface area contributed by atoms with Crippen molar-refractivity contribution < 1.29 is 18.7 Å². The molecule has 0 aliphatic heterocycles. The van der Waals surface area contributed by atoms with E-state index in [-0.39, 0.29) is 5.82 Å². The molecule has 0 aliphatic carbocycles. The van der Waals surface area contributed by atoms with Gasteiger partial charge in [0.1, 0.15) is 23.9 Å². The smallest absolute Gasteiger partial charge is 0.343 e. The van der Waals surface area contributed by atoms with Gasteiger partial charge in [-0.25, -0.2) is 9.18 Å². The summed E-state index contributed by atoms with van der Waals surface area (Å²) in [6.07, 6.45) is 1.69. The second-order valence-corrected chi connectivity index (χ2v) is 5.54. The number of esters is 1. The highest BCUT2D eigenvalue weighted by Crippen LogP contribution is 2.23. The SMILES string of the molecule is C=CCOc1ccc(-c2ccc(C(=O)Oc3ccc(F)cc3)cc2)cc1. The normalized spacial score (nSPS) is 10.2. The summed E-state index contributed by atoms with van der Waals surface area (Å²) in [5, 5.41) is 0. The first-order chi connectivity index (χ1) is 12.7. The van der Waals surface area contributed by atoms with Crippen molar-refractivity contribution in [1.29, 1.82) is 0 Å². The van der Waals surface area contributed by atoms with E-state index in [1.165, 1.54) is 24.3 Å². The zero-order valence-corrected chi connectivity index (χ0v) is 14.0. The molecule has 0 bridgehead atoms. The van der Waals surface area contributed by atoms with E-state index < -0.39 is 5.97 Å². The van der Waals surface area contributed by atoms with Crippen LogP contribution in [0.3, 0.4) is 0 Å². The van der Waals surface area contributed by atoms with Gasteiger partial charge in [-0.15, -0.1) is 0 Å². The molecule has 0 heterocycles. The minimum Gasteiger partial charge on any atom is -0.490 e. The van der Waals surface area contributed by atoms with E-state index in [2.05, 4.69) is 6.58 Å². The van der Waals surface area contributed by atoms with Crippen molar-refractivity contribution in [3.8, 4) is 22.6 Å². The van der Waals surface area contributed by atoms with Gasteiger partial charge in [0.25, 0.3) is 0 Å². The molecule has 0 unspecified atom stereocenters. The van der Waals surface area contributed by atoms with Crippen molar-refractivity contribution in [3.63, 3.8) is 0 Å². The number of carbonyl (C=O) groups is 1. The zero-order chi connectivity index (χ0) is 18.4. The van der Waals surface area contributed by atoms with Crippen LogP contribution in [0.1, 0.15) is 10.4 Å². The van der Waals surface area contributed by atoms with Crippen LogP contribution in [0.25, 0.3) is 11.1 Å². The Bertz CT molecular complexity index is 882. The van der Waals surface area contributed by atoms with Gasteiger partial charge >= 0.3 is 5.97 Å². The summed E-state index contributed by atoms with van der Waals surface area (Å²) in [7, 11) is 0. The van der Waals surface area contributed by atoms with Crippen LogP contribution in [-0.4, -0.2) is 12.6 Å². The van der Waals surface area contributed by atoms with E-state index in [0.717, 1.165) is 16.9 Å². The number of hydrogen-bond donors (Lipinski definition) is 0. The van der Waals surface area contributed by atoms with Crippen LogP contribution < -0.4 is 9.47 Å². The molecule has 4 heteroatoms. The van der Waals surface area contributed by atoms with Gasteiger partial charge in [-0.05, 0) is 59.7 Å². The second-order valence-electron chi connectivity index (χ2n) is 5.54. The third-order valence-corrected chi connectivity index (χ3v) is 3.70. The lowest BCUT2D eigenvalue weighted by atomic mass is 10.0. The molecule has 3 nitrogen and oxygen atoms in total. The maximum absolute atomic E-state index is 12.9. The molecule has 0 fully saturated rings. The van der Waals surface area contributed by atoms with E-state index in [1.807, 2.05) is 36.4 Å². The standard InChI is InChI=1S/C22H17FO3/c1-2-15-25-20-11-7-17(8-12-20)16-3-5-18(6-4-16)22(24)26-21-13-9-19(23)10-14-21/h2-14H,1,15H2. The van der Waals surface area contributed by atoms with Crippen LogP contribution in [0.2, 0.25) is 0 Å². The number of hydrogen-bond acceptors (Lipinski definition) is 3. The monoisotopic (exact) mass is 348 g/mol. The molecule has 0 spiro atoms. The van der Waals surface area contributed by atoms with Crippen LogP contribution in [0.4, 0.5) is 4.39 Å². The van der Waals surface area contributed by atoms with Gasteiger partial charge in [0.2, 0.25) is 0 Å². The number of carbonyl (C=O) groups excluding carboxylic acids is 1. The van der Waals surface area contributed by atoms with Gasteiger partial charge in [-0.1, -0.05) is 36.9 Å². The van der Waals surface area contributed by atoms with Gasteiger partial charge in [-0.3, -0.25) is 0 Å². The third kappa shape index (κ3) is 4.36. The maximum Gasteiger partial charge on any atom is 0.343 e. The first kappa shape index (κ1) is 17.4. The van der Waals surface area contributed by atoms with Crippen LogP contribution in [0, 0.1) is 5.82 Å². The lowest BCUT2D eigenvalue weighted by Crippen LogP contribution is -2.08. The van der Waals surface area contributed by atoms with Crippen LogP contribution in [0.5, 0.6) is 11.5 Å². The number of ether oxygens (including phenoxy) is 2. The lowest BCUT2D eigenvalue weighted by molar-refractivity contribution is 0.0734. The van der Waals surface area contributed by atoms with Crippen molar-refractivity contribution in [1.82, 2.24) is 0 Å². The van der Waals surface area contributed by atoms with Crippen molar-refractivity contribution in [2.45, 2.75) is 0 Å². The van der Waals surface area contributed by atoms with E-state index in [0.29, 0.717) is 17.9 Å². The van der Waals surface area contributed by atoms with Crippen molar-refractivity contribution >= 4 is 5.97 Å². The molecule has 0 radical (unpaired) electrons. The highest BCUT2D eigenvalue weighted by molar-refractivity contribution is 5.91. The summed E-state index contributed by atoms with van der Waals surface area (Å²) < 4.78 is 23.6. The van der Waals surface area contributed by atoms with E-state index >= 15 is 0 Å². The largest absolute Gasteiger partial charge is 0.490 e. The fourth-order valence-electron chi connectivity index (χ4n) is 2.37. The van der Waals surface area contributed by atoms with Gasteiger partial charge in [0.05, 0.1) is 5.56 Å². The first-order valence-electron chi connectivity index (χ1n) is 8.07. The zero-order valence-electron chi connectivity index (χ0n) is 14.0. The highest BCUT2D eigenvalue weighted by atomic mass is 19.1. The Hall–Kier alpha value is -3.40. The quantitative estimate of drug-likeness (QED) is 0.345. The van der Waals surface area contributed by atoms with Crippen molar-refractivity contribution in [2.75, 3.05) is 6.61 Å². The van der Waals surface area contributed by atoms with Crippen molar-refractivity contribution in [3.05, 3.63) is 96.8 Å². The number of rotatable bonds is 6. The fourth-order valence-corrected chi connectivity index (χ4v) is 2.37. The van der Waals surface area contributed by atoms with Crippen molar-refractivity contribution in [2.24, 2.45) is 0 Å². The number of benzene rings is 3. The Labute approximate surface area is 151 Å². The van der Waals surface area contributed by atoms with Gasteiger partial charge < -0.3 is 9.47 Å². The Kier molecular flexibility index (Phi) is 5.44. The molecule has 26 heavy (non-hydrogen) atoms. The van der Waals surface area contributed by atoms with E-state index in [9.17, 15) is 9.18 Å². The van der Waals surface area contributed by atoms with E-state index in [1.54, 1.807) is 18.2 Å². The summed E-state index contributed by atoms with van der Waals surface area (Å²) in [5.74, 6) is 0.204. The minimum atomic E-state index is -0.490. The topological polar surface area (TPSA) is 35.5 Å². The molecule has 0 N–H and O–H groups in total. The Morgan fingerprint density at radius 2 is 1.38 bits per heavy atom. The van der Waals surface area contributed by atoms with Gasteiger partial charge in [0.15, 0.2) is 0 Å². The number of halogens is 1. The molecule has 0 aliphatic rings. The molecule has 0 amide bonds. The third-order valence-electron chi connectivity index (χ3n) is 3.70. The summed E-state index contributed by atoms with van der Waals surface area (Å²) in [6, 6.07) is 20.1. The molecule has 3 aromatic rings. The predicted molar refractivity (Wildman–Crippen MR) is 98.9 cm³/mol. The molecule has 0 saturated heterocycles. The summed E-state index contributed by atoms with van der Waals surface area (Å²) >= 11 is 0. The highest BCUT2D eigenvalue weighted by Gasteiger charge is 2.09. The first-order valence-corrected chi connectivity index (χ1v) is 8.07. The Morgan fingerprint density at radius 3 is 1.96 bits per heavy atom. The van der Waals surface area contributed by atoms with Crippen LogP contribution in [0.15, 0.2) is 85.5 Å². The van der Waals surface area contributed by atoms with E-state index in [4.69, 9.17) is 9.47 Å². The predicted octanol–water partition coefficient (Wildman–Crippen LogP) is 5.28. The molecule has 0 aromatic heterocycles. The Balaban J connectivity index is 1.68. The van der Waals surface area contributed by atoms with Crippen LogP contribution >= 0.6 is 0 Å². The molecular formula is C22H17FO3. The average Bonchev–Trinajstić information content (AvgIpc) is 2.68. The molecule has 130 valence electrons. The molecule has 0 saturated carbocycles. The molecule has 0 atom stereocenters. The van der Waals surface area contributed by atoms with Crippen LogP contribution in [-0.2, 0) is 0 Å².